The summed E-state index contributed by atoms with van der Waals surface area (Å²) >= 11 is 0. The van der Waals surface area contributed by atoms with Gasteiger partial charge < -0.3 is 0 Å². The van der Waals surface area contributed by atoms with E-state index in [1.807, 2.05) is 0 Å². The molecule has 10 rings (SSSR count). The van der Waals surface area contributed by atoms with Crippen LogP contribution in [0.15, 0.2) is 192 Å². The van der Waals surface area contributed by atoms with Gasteiger partial charge in [-0.2, -0.15) is 0 Å². The molecular formula is C46H30. The summed E-state index contributed by atoms with van der Waals surface area (Å²) in [6.07, 6.45) is 20.7. The Bertz CT molecular complexity index is 2450. The highest BCUT2D eigenvalue weighted by atomic mass is 14.4. The van der Waals surface area contributed by atoms with Crippen LogP contribution in [0.25, 0.3) is 60.1 Å². The normalized spacial score (nSPS) is 19.3. The van der Waals surface area contributed by atoms with Crippen molar-refractivity contribution in [3.63, 3.8) is 0 Å². The maximum Gasteiger partial charge on any atom is 0.0205 e. The zero-order chi connectivity index (χ0) is 30.2. The van der Waals surface area contributed by atoms with E-state index in [0.717, 1.165) is 0 Å². The first kappa shape index (κ1) is 25.6. The highest BCUT2D eigenvalue weighted by Crippen LogP contribution is 2.51. The Kier molecular flexibility index (Phi) is 5.50. The molecule has 0 bridgehead atoms. The minimum absolute atomic E-state index is 0.403. The van der Waals surface area contributed by atoms with Gasteiger partial charge in [-0.05, 0) is 94.1 Å². The number of benzene rings is 6. The molecular weight excluding hydrogens is 553 g/mol. The molecule has 0 nitrogen and oxygen atoms in total. The predicted octanol–water partition coefficient (Wildman–Crippen LogP) is 12.0. The SMILES string of the molecule is C1=CC2=CC=C3C=CC(c4ccc(-c5ccc(-c6ccc7c8ccccc8c8ccccc8c7c6)cc5)cc4)=C4C=CC(=C1)C2C34. The van der Waals surface area contributed by atoms with Crippen molar-refractivity contribution in [2.24, 2.45) is 11.8 Å². The lowest BCUT2D eigenvalue weighted by molar-refractivity contribution is 0.566. The average molecular weight is 583 g/mol. The number of hydrogen-bond acceptors (Lipinski definition) is 0. The van der Waals surface area contributed by atoms with Gasteiger partial charge in [0.05, 0.1) is 0 Å². The Labute approximate surface area is 269 Å². The lowest BCUT2D eigenvalue weighted by Crippen LogP contribution is -2.29. The standard InChI is InChI=1S/C46H30/c1-2-10-40-38(8-1)39-9-3-4-11-41(39)44-28-36(24-26-42(40)44)31-14-12-29(13-15-31)30-16-18-32(19-17-30)37-25-22-35-21-20-33-6-5-7-34-23-27-43(37)46(35)45(33)34/h1-28,45-46H. The molecule has 46 heavy (non-hydrogen) atoms. The molecule has 214 valence electrons. The van der Waals surface area contributed by atoms with Gasteiger partial charge in [-0.3, -0.25) is 0 Å². The van der Waals surface area contributed by atoms with E-state index in [2.05, 4.69) is 170 Å². The van der Waals surface area contributed by atoms with Crippen LogP contribution >= 0.6 is 0 Å². The first-order valence-electron chi connectivity index (χ1n) is 16.2. The van der Waals surface area contributed by atoms with Crippen LogP contribution in [0.4, 0.5) is 0 Å². The van der Waals surface area contributed by atoms with Crippen LogP contribution in [0.2, 0.25) is 0 Å². The lowest BCUT2D eigenvalue weighted by Gasteiger charge is -2.40. The third-order valence-electron chi connectivity index (χ3n) is 10.5. The molecule has 0 fully saturated rings. The number of fused-ring (bicyclic) bond motifs is 6. The van der Waals surface area contributed by atoms with Crippen LogP contribution in [0.1, 0.15) is 5.56 Å². The fraction of sp³-hybridized carbons (Fsp3) is 0.0435. The van der Waals surface area contributed by atoms with Crippen LogP contribution in [0, 0.1) is 11.8 Å². The van der Waals surface area contributed by atoms with E-state index >= 15 is 0 Å². The Morgan fingerprint density at radius 1 is 0.326 bits per heavy atom. The average Bonchev–Trinajstić information content (AvgIpc) is 3.14. The minimum Gasteiger partial charge on any atom is -0.0617 e. The summed E-state index contributed by atoms with van der Waals surface area (Å²) in [5.74, 6) is 0.837. The molecule has 0 aromatic heterocycles. The van der Waals surface area contributed by atoms with Gasteiger partial charge >= 0.3 is 0 Å². The summed E-state index contributed by atoms with van der Waals surface area (Å²) in [4.78, 5) is 0. The molecule has 0 aliphatic heterocycles. The number of allylic oxidation sites excluding steroid dienone is 14. The first-order chi connectivity index (χ1) is 22.8. The van der Waals surface area contributed by atoms with Crippen LogP contribution in [0.3, 0.4) is 0 Å². The van der Waals surface area contributed by atoms with Crippen LogP contribution < -0.4 is 0 Å². The van der Waals surface area contributed by atoms with E-state index in [1.54, 1.807) is 0 Å². The molecule has 0 heteroatoms. The maximum atomic E-state index is 2.37. The van der Waals surface area contributed by atoms with Gasteiger partial charge in [-0.25, -0.2) is 0 Å². The molecule has 6 aromatic rings. The fourth-order valence-electron chi connectivity index (χ4n) is 8.25. The van der Waals surface area contributed by atoms with Crippen molar-refractivity contribution in [1.82, 2.24) is 0 Å². The molecule has 0 N–H and O–H groups in total. The van der Waals surface area contributed by atoms with Crippen molar-refractivity contribution in [2.45, 2.75) is 0 Å². The van der Waals surface area contributed by atoms with E-state index in [1.165, 1.54) is 88.0 Å². The topological polar surface area (TPSA) is 0 Å². The fourth-order valence-corrected chi connectivity index (χ4v) is 8.25. The summed E-state index contributed by atoms with van der Waals surface area (Å²) < 4.78 is 0. The van der Waals surface area contributed by atoms with Crippen LogP contribution in [-0.2, 0) is 0 Å². The van der Waals surface area contributed by atoms with Gasteiger partial charge in [-0.15, -0.1) is 0 Å². The summed E-state index contributed by atoms with van der Waals surface area (Å²) in [6, 6.07) is 42.7. The third kappa shape index (κ3) is 3.80. The van der Waals surface area contributed by atoms with E-state index in [9.17, 15) is 0 Å². The van der Waals surface area contributed by atoms with Gasteiger partial charge in [-0.1, -0.05) is 164 Å². The molecule has 2 atom stereocenters. The van der Waals surface area contributed by atoms with Crippen molar-refractivity contribution in [1.29, 1.82) is 0 Å². The molecule has 0 heterocycles. The highest BCUT2D eigenvalue weighted by Gasteiger charge is 2.38. The highest BCUT2D eigenvalue weighted by molar-refractivity contribution is 6.25. The number of hydrogen-bond donors (Lipinski definition) is 0. The zero-order valence-electron chi connectivity index (χ0n) is 25.3. The Morgan fingerprint density at radius 3 is 1.46 bits per heavy atom. The van der Waals surface area contributed by atoms with Gasteiger partial charge in [0.1, 0.15) is 0 Å². The molecule has 0 radical (unpaired) electrons. The first-order valence-corrected chi connectivity index (χ1v) is 16.2. The van der Waals surface area contributed by atoms with Crippen molar-refractivity contribution >= 4 is 37.9 Å². The quantitative estimate of drug-likeness (QED) is 0.182. The van der Waals surface area contributed by atoms with Gasteiger partial charge in [0, 0.05) is 11.8 Å². The molecule has 4 aliphatic rings. The zero-order valence-corrected chi connectivity index (χ0v) is 25.3. The van der Waals surface area contributed by atoms with E-state index in [0.29, 0.717) is 11.8 Å². The molecule has 4 aliphatic carbocycles. The smallest absolute Gasteiger partial charge is 0.0205 e. The summed E-state index contributed by atoms with van der Waals surface area (Å²) in [5.41, 5.74) is 13.3. The Hall–Kier alpha value is -5.72. The van der Waals surface area contributed by atoms with E-state index in [-0.39, 0.29) is 0 Å². The molecule has 0 spiro atoms. The van der Waals surface area contributed by atoms with Crippen molar-refractivity contribution in [3.05, 3.63) is 198 Å². The third-order valence-corrected chi connectivity index (χ3v) is 10.5. The van der Waals surface area contributed by atoms with Crippen molar-refractivity contribution in [2.75, 3.05) is 0 Å². The Morgan fingerprint density at radius 2 is 0.804 bits per heavy atom. The van der Waals surface area contributed by atoms with E-state index in [4.69, 9.17) is 0 Å². The van der Waals surface area contributed by atoms with Crippen molar-refractivity contribution in [3.8, 4) is 22.3 Å². The molecule has 0 saturated heterocycles. The van der Waals surface area contributed by atoms with Gasteiger partial charge in [0.15, 0.2) is 0 Å². The monoisotopic (exact) mass is 582 g/mol. The molecule has 6 aromatic carbocycles. The summed E-state index contributed by atoms with van der Waals surface area (Å²) in [5, 5.41) is 7.86. The van der Waals surface area contributed by atoms with Crippen LogP contribution in [0.5, 0.6) is 0 Å². The van der Waals surface area contributed by atoms with E-state index < -0.39 is 0 Å². The maximum absolute atomic E-state index is 2.37. The lowest BCUT2D eigenvalue weighted by atomic mass is 9.63. The van der Waals surface area contributed by atoms with Crippen molar-refractivity contribution < 1.29 is 0 Å². The largest absolute Gasteiger partial charge is 0.0617 e. The number of rotatable bonds is 3. The second kappa shape index (κ2) is 9.89. The molecule has 2 unspecified atom stereocenters. The molecule has 0 saturated carbocycles. The predicted molar refractivity (Wildman–Crippen MR) is 195 cm³/mol. The summed E-state index contributed by atoms with van der Waals surface area (Å²) in [6.45, 7) is 0. The van der Waals surface area contributed by atoms with Gasteiger partial charge in [0.25, 0.3) is 0 Å². The van der Waals surface area contributed by atoms with Gasteiger partial charge in [0.2, 0.25) is 0 Å². The second-order valence-corrected chi connectivity index (χ2v) is 12.9. The summed E-state index contributed by atoms with van der Waals surface area (Å²) in [7, 11) is 0. The second-order valence-electron chi connectivity index (χ2n) is 12.9. The minimum atomic E-state index is 0.403. The van der Waals surface area contributed by atoms with Crippen LogP contribution in [-0.4, -0.2) is 0 Å². The molecule has 0 amide bonds. The Balaban J connectivity index is 0.981.